The molecular weight excluding hydrogens is 248 g/mol. The zero-order valence-electron chi connectivity index (χ0n) is 12.7. The highest BCUT2D eigenvalue weighted by molar-refractivity contribution is 5.05. The lowest BCUT2D eigenvalue weighted by Crippen LogP contribution is -2.24. The van der Waals surface area contributed by atoms with E-state index >= 15 is 0 Å². The maximum Gasteiger partial charge on any atom is 0.136 e. The summed E-state index contributed by atoms with van der Waals surface area (Å²) in [5.41, 5.74) is 5.81. The second kappa shape index (κ2) is 6.25. The molecule has 1 aromatic heterocycles. The van der Waals surface area contributed by atoms with Crippen LogP contribution in [0.3, 0.4) is 0 Å². The first-order valence-electron chi connectivity index (χ1n) is 8.41. The highest BCUT2D eigenvalue weighted by atomic mass is 15.3. The molecule has 0 spiro atoms. The fourth-order valence-corrected chi connectivity index (χ4v) is 4.11. The molecule has 2 aliphatic carbocycles. The maximum absolute atomic E-state index is 5.81. The first kappa shape index (κ1) is 14.1. The van der Waals surface area contributed by atoms with E-state index in [1.807, 2.05) is 0 Å². The molecule has 1 heterocycles. The van der Waals surface area contributed by atoms with Crippen LogP contribution in [0.5, 0.6) is 0 Å². The first-order chi connectivity index (χ1) is 9.79. The number of hydrogen-bond acceptors (Lipinski definition) is 3. The van der Waals surface area contributed by atoms with E-state index in [0.29, 0.717) is 12.0 Å². The average Bonchev–Trinajstić information content (AvgIpc) is 2.90. The zero-order chi connectivity index (χ0) is 13.9. The molecule has 0 radical (unpaired) electrons. The highest BCUT2D eigenvalue weighted by Gasteiger charge is 2.28. The van der Waals surface area contributed by atoms with Gasteiger partial charge in [-0.2, -0.15) is 0 Å². The third kappa shape index (κ3) is 2.76. The largest absolute Gasteiger partial charge is 0.330 e. The van der Waals surface area contributed by atoms with Crippen LogP contribution in [0.4, 0.5) is 0 Å². The molecule has 0 aromatic carbocycles. The molecule has 0 saturated heterocycles. The van der Waals surface area contributed by atoms with Crippen molar-refractivity contribution >= 4 is 0 Å². The van der Waals surface area contributed by atoms with Gasteiger partial charge in [-0.15, -0.1) is 10.2 Å². The van der Waals surface area contributed by atoms with Gasteiger partial charge in [0.2, 0.25) is 0 Å². The lowest BCUT2D eigenvalue weighted by molar-refractivity contribution is 0.296. The van der Waals surface area contributed by atoms with E-state index < -0.39 is 0 Å². The summed E-state index contributed by atoms with van der Waals surface area (Å²) in [4.78, 5) is 0. The second-order valence-electron chi connectivity index (χ2n) is 6.72. The van der Waals surface area contributed by atoms with Crippen LogP contribution in [0.15, 0.2) is 0 Å². The molecule has 4 nitrogen and oxygen atoms in total. The van der Waals surface area contributed by atoms with Crippen LogP contribution < -0.4 is 5.73 Å². The van der Waals surface area contributed by atoms with Crippen molar-refractivity contribution in [2.75, 3.05) is 6.54 Å². The molecular formula is C16H28N4. The molecule has 2 fully saturated rings. The molecule has 0 unspecified atom stereocenters. The molecule has 20 heavy (non-hydrogen) atoms. The topological polar surface area (TPSA) is 56.7 Å². The Labute approximate surface area is 122 Å². The number of nitrogens with zero attached hydrogens (tertiary/aromatic N) is 3. The Morgan fingerprint density at radius 3 is 2.35 bits per heavy atom. The zero-order valence-corrected chi connectivity index (χ0v) is 12.7. The molecule has 4 heteroatoms. The van der Waals surface area contributed by atoms with Crippen LogP contribution in [-0.2, 0) is 0 Å². The van der Waals surface area contributed by atoms with Crippen LogP contribution in [0.2, 0.25) is 0 Å². The minimum atomic E-state index is 0.612. The molecule has 112 valence electrons. The summed E-state index contributed by atoms with van der Waals surface area (Å²) in [6.45, 7) is 2.97. The molecule has 0 bridgehead atoms. The van der Waals surface area contributed by atoms with Gasteiger partial charge >= 0.3 is 0 Å². The molecule has 2 N–H and O–H groups in total. The average molecular weight is 276 g/mol. The molecule has 2 saturated carbocycles. The van der Waals surface area contributed by atoms with Crippen molar-refractivity contribution in [3.8, 4) is 0 Å². The van der Waals surface area contributed by atoms with Crippen molar-refractivity contribution in [1.82, 2.24) is 14.8 Å². The minimum absolute atomic E-state index is 0.612. The van der Waals surface area contributed by atoms with Crippen molar-refractivity contribution in [2.45, 2.75) is 76.7 Å². The Hall–Kier alpha value is -0.900. The van der Waals surface area contributed by atoms with Crippen LogP contribution in [0.25, 0.3) is 0 Å². The van der Waals surface area contributed by atoms with Gasteiger partial charge in [-0.25, -0.2) is 0 Å². The maximum atomic E-state index is 5.81. The molecule has 1 aromatic rings. The fraction of sp³-hybridized carbons (Fsp3) is 0.875. The van der Waals surface area contributed by atoms with Crippen molar-refractivity contribution in [3.63, 3.8) is 0 Å². The smallest absolute Gasteiger partial charge is 0.136 e. The van der Waals surface area contributed by atoms with Crippen LogP contribution in [0, 0.1) is 12.8 Å². The monoisotopic (exact) mass is 276 g/mol. The van der Waals surface area contributed by atoms with Crippen LogP contribution >= 0.6 is 0 Å². The van der Waals surface area contributed by atoms with E-state index in [2.05, 4.69) is 21.7 Å². The predicted molar refractivity (Wildman–Crippen MR) is 80.6 cm³/mol. The van der Waals surface area contributed by atoms with E-state index in [-0.39, 0.29) is 0 Å². The molecule has 2 aliphatic rings. The Bertz CT molecular complexity index is 426. The third-order valence-corrected chi connectivity index (χ3v) is 5.38. The Morgan fingerprint density at radius 2 is 1.70 bits per heavy atom. The second-order valence-corrected chi connectivity index (χ2v) is 6.72. The van der Waals surface area contributed by atoms with Crippen molar-refractivity contribution < 1.29 is 0 Å². The van der Waals surface area contributed by atoms with Crippen molar-refractivity contribution in [3.05, 3.63) is 11.6 Å². The van der Waals surface area contributed by atoms with E-state index in [0.717, 1.165) is 18.3 Å². The van der Waals surface area contributed by atoms with Crippen LogP contribution in [0.1, 0.15) is 81.4 Å². The van der Waals surface area contributed by atoms with Gasteiger partial charge in [0, 0.05) is 12.0 Å². The number of rotatable bonds is 3. The number of aryl methyl sites for hydroxylation is 1. The van der Waals surface area contributed by atoms with Gasteiger partial charge in [0.05, 0.1) is 0 Å². The van der Waals surface area contributed by atoms with E-state index in [1.165, 1.54) is 63.6 Å². The van der Waals surface area contributed by atoms with Gasteiger partial charge in [0.15, 0.2) is 0 Å². The summed E-state index contributed by atoms with van der Waals surface area (Å²) in [6, 6.07) is 0.654. The molecule has 0 amide bonds. The lowest BCUT2D eigenvalue weighted by atomic mass is 9.81. The van der Waals surface area contributed by atoms with Gasteiger partial charge in [-0.05, 0) is 57.9 Å². The van der Waals surface area contributed by atoms with E-state index in [1.54, 1.807) is 0 Å². The number of hydrogen-bond donors (Lipinski definition) is 1. The van der Waals surface area contributed by atoms with Gasteiger partial charge in [-0.3, -0.25) is 0 Å². The number of nitrogens with two attached hydrogens (primary N) is 1. The van der Waals surface area contributed by atoms with Gasteiger partial charge < -0.3 is 10.3 Å². The Balaban J connectivity index is 1.76. The molecule has 0 aliphatic heterocycles. The lowest BCUT2D eigenvalue weighted by Gasteiger charge is -2.30. The summed E-state index contributed by atoms with van der Waals surface area (Å²) < 4.78 is 2.48. The first-order valence-corrected chi connectivity index (χ1v) is 8.41. The standard InChI is InChI=1S/C16H28N4/c1-12-18-19-16(14-9-7-13(11-17)8-10-14)20(12)15-5-3-2-4-6-15/h13-15H,2-11,17H2,1H3. The predicted octanol–water partition coefficient (Wildman–Crippen LogP) is 3.32. The summed E-state index contributed by atoms with van der Waals surface area (Å²) >= 11 is 0. The summed E-state index contributed by atoms with van der Waals surface area (Å²) in [5.74, 6) is 3.73. The van der Waals surface area contributed by atoms with Gasteiger partial charge in [0.25, 0.3) is 0 Å². The van der Waals surface area contributed by atoms with Crippen molar-refractivity contribution in [1.29, 1.82) is 0 Å². The summed E-state index contributed by atoms with van der Waals surface area (Å²) in [6.07, 6.45) is 11.8. The van der Waals surface area contributed by atoms with Crippen LogP contribution in [-0.4, -0.2) is 21.3 Å². The Kier molecular flexibility index (Phi) is 4.39. The highest BCUT2D eigenvalue weighted by Crippen LogP contribution is 2.38. The van der Waals surface area contributed by atoms with Crippen molar-refractivity contribution in [2.24, 2.45) is 11.7 Å². The van der Waals surface area contributed by atoms with Gasteiger partial charge in [0.1, 0.15) is 11.6 Å². The van der Waals surface area contributed by atoms with Gasteiger partial charge in [-0.1, -0.05) is 19.3 Å². The Morgan fingerprint density at radius 1 is 1.00 bits per heavy atom. The third-order valence-electron chi connectivity index (χ3n) is 5.38. The molecule has 0 atom stereocenters. The molecule has 3 rings (SSSR count). The summed E-state index contributed by atoms with van der Waals surface area (Å²) in [5, 5.41) is 8.94. The summed E-state index contributed by atoms with van der Waals surface area (Å²) in [7, 11) is 0. The normalized spacial score (nSPS) is 28.7. The van der Waals surface area contributed by atoms with E-state index in [9.17, 15) is 0 Å². The fourth-order valence-electron chi connectivity index (χ4n) is 4.11. The minimum Gasteiger partial charge on any atom is -0.330 e. The quantitative estimate of drug-likeness (QED) is 0.921. The SMILES string of the molecule is Cc1nnc(C2CCC(CN)CC2)n1C1CCCCC1. The number of aromatic nitrogens is 3. The van der Waals surface area contributed by atoms with E-state index in [4.69, 9.17) is 5.73 Å².